The van der Waals surface area contributed by atoms with Gasteiger partial charge in [-0.2, -0.15) is 5.10 Å². The third-order valence-corrected chi connectivity index (χ3v) is 3.69. The normalized spacial score (nSPS) is 16.4. The van der Waals surface area contributed by atoms with Gasteiger partial charge in [0.15, 0.2) is 11.9 Å². The highest BCUT2D eigenvalue weighted by Gasteiger charge is 2.18. The van der Waals surface area contributed by atoms with Crippen LogP contribution in [0.1, 0.15) is 30.1 Å². The fourth-order valence-electron chi connectivity index (χ4n) is 2.57. The maximum absolute atomic E-state index is 11.3. The molecular weight excluding hydrogens is 256 g/mol. The summed E-state index contributed by atoms with van der Waals surface area (Å²) in [7, 11) is 0. The van der Waals surface area contributed by atoms with Crippen molar-refractivity contribution in [1.82, 2.24) is 14.8 Å². The van der Waals surface area contributed by atoms with Crippen molar-refractivity contribution in [3.05, 3.63) is 18.0 Å². The van der Waals surface area contributed by atoms with Crippen molar-refractivity contribution in [1.29, 1.82) is 0 Å². The number of hydrogen-bond acceptors (Lipinski definition) is 5. The van der Waals surface area contributed by atoms with Gasteiger partial charge in [0.2, 0.25) is 0 Å². The number of nitrogens with zero attached hydrogens (tertiary/aromatic N) is 3. The number of nitrogens with one attached hydrogen (secondary N) is 1. The molecule has 0 aliphatic carbocycles. The molecule has 1 saturated heterocycles. The molecule has 0 atom stereocenters. The first-order valence-corrected chi connectivity index (χ1v) is 6.97. The van der Waals surface area contributed by atoms with Gasteiger partial charge in [-0.25, -0.2) is 9.67 Å². The number of rotatable bonds is 4. The Bertz CT molecular complexity index is 617. The van der Waals surface area contributed by atoms with E-state index in [0.29, 0.717) is 11.6 Å². The molecule has 6 heteroatoms. The third kappa shape index (κ3) is 2.27. The van der Waals surface area contributed by atoms with Crippen LogP contribution in [0.25, 0.3) is 11.0 Å². The van der Waals surface area contributed by atoms with E-state index >= 15 is 0 Å². The second-order valence-electron chi connectivity index (χ2n) is 4.93. The smallest absolute Gasteiger partial charge is 0.159 e. The van der Waals surface area contributed by atoms with Gasteiger partial charge in [-0.3, -0.25) is 4.79 Å². The molecule has 3 rings (SSSR count). The predicted octanol–water partition coefficient (Wildman–Crippen LogP) is 1.85. The van der Waals surface area contributed by atoms with Crippen LogP contribution in [0.4, 0.5) is 5.69 Å². The number of hydrogen-bond donors (Lipinski definition) is 1. The molecule has 0 saturated carbocycles. The van der Waals surface area contributed by atoms with Crippen LogP contribution in [-0.2, 0) is 11.3 Å². The molecule has 1 N–H and O–H groups in total. The highest BCUT2D eigenvalue weighted by atomic mass is 16.5. The van der Waals surface area contributed by atoms with Crippen molar-refractivity contribution in [3.63, 3.8) is 0 Å². The first kappa shape index (κ1) is 13.1. The minimum Gasteiger partial charge on any atom is -0.381 e. The number of ether oxygens (including phenoxy) is 1. The molecule has 0 spiro atoms. The van der Waals surface area contributed by atoms with E-state index in [1.165, 1.54) is 0 Å². The van der Waals surface area contributed by atoms with Crippen molar-refractivity contribution >= 4 is 23.0 Å². The monoisotopic (exact) mass is 274 g/mol. The number of pyridine rings is 1. The van der Waals surface area contributed by atoms with E-state index in [9.17, 15) is 4.79 Å². The molecule has 1 aliphatic rings. The molecule has 1 aliphatic heterocycles. The van der Waals surface area contributed by atoms with Crippen molar-refractivity contribution in [3.8, 4) is 0 Å². The molecule has 1 fully saturated rings. The molecule has 0 unspecified atom stereocenters. The average molecular weight is 274 g/mol. The first-order chi connectivity index (χ1) is 9.83. The van der Waals surface area contributed by atoms with Crippen molar-refractivity contribution in [2.24, 2.45) is 0 Å². The van der Waals surface area contributed by atoms with Gasteiger partial charge in [0.05, 0.1) is 22.8 Å². The molecule has 0 radical (unpaired) electrons. The summed E-state index contributed by atoms with van der Waals surface area (Å²) in [5.41, 5.74) is 2.24. The van der Waals surface area contributed by atoms with Gasteiger partial charge in [-0.15, -0.1) is 0 Å². The summed E-state index contributed by atoms with van der Waals surface area (Å²) in [6, 6.07) is 0.332. The van der Waals surface area contributed by atoms with E-state index in [4.69, 9.17) is 4.74 Å². The molecule has 0 amide bonds. The van der Waals surface area contributed by atoms with Crippen molar-refractivity contribution < 1.29 is 9.53 Å². The minimum atomic E-state index is 0.332. The van der Waals surface area contributed by atoms with Crippen LogP contribution >= 0.6 is 0 Å². The van der Waals surface area contributed by atoms with E-state index < -0.39 is 0 Å². The number of carbonyl (C=O) groups is 1. The lowest BCUT2D eigenvalue weighted by Crippen LogP contribution is -2.28. The van der Waals surface area contributed by atoms with Crippen LogP contribution in [0, 0.1) is 0 Å². The predicted molar refractivity (Wildman–Crippen MR) is 76.1 cm³/mol. The second kappa shape index (κ2) is 5.58. The number of aldehydes is 1. The summed E-state index contributed by atoms with van der Waals surface area (Å²) in [6.07, 6.45) is 6.14. The maximum Gasteiger partial charge on any atom is 0.159 e. The van der Waals surface area contributed by atoms with Crippen molar-refractivity contribution in [2.75, 3.05) is 18.5 Å². The Morgan fingerprint density at radius 1 is 1.45 bits per heavy atom. The van der Waals surface area contributed by atoms with E-state index in [1.807, 2.05) is 11.6 Å². The maximum atomic E-state index is 11.3. The van der Waals surface area contributed by atoms with Crippen LogP contribution in [-0.4, -0.2) is 40.3 Å². The number of aromatic nitrogens is 3. The standard InChI is InChI=1S/C14H18N4O2/c1-2-18-14-12(8-16-18)13(10(9-19)7-15-14)17-11-3-5-20-6-4-11/h7-9,11H,2-6H2,1H3,(H,15,17). The molecule has 3 heterocycles. The van der Waals surface area contributed by atoms with Gasteiger partial charge in [0, 0.05) is 32.0 Å². The Labute approximate surface area is 117 Å². The van der Waals surface area contributed by atoms with Crippen molar-refractivity contribution in [2.45, 2.75) is 32.4 Å². The summed E-state index contributed by atoms with van der Waals surface area (Å²) >= 11 is 0. The fraction of sp³-hybridized carbons (Fsp3) is 0.500. The van der Waals surface area contributed by atoms with E-state index in [0.717, 1.165) is 55.6 Å². The zero-order valence-electron chi connectivity index (χ0n) is 11.5. The molecule has 0 aromatic carbocycles. The van der Waals surface area contributed by atoms with Gasteiger partial charge in [0.25, 0.3) is 0 Å². The summed E-state index contributed by atoms with van der Waals surface area (Å²) in [5.74, 6) is 0. The Hall–Kier alpha value is -1.95. The number of carbonyl (C=O) groups excluding carboxylic acids is 1. The van der Waals surface area contributed by atoms with Gasteiger partial charge < -0.3 is 10.1 Å². The van der Waals surface area contributed by atoms with Crippen LogP contribution in [0.5, 0.6) is 0 Å². The lowest BCUT2D eigenvalue weighted by atomic mass is 10.1. The lowest BCUT2D eigenvalue weighted by molar-refractivity contribution is 0.0904. The fourth-order valence-corrected chi connectivity index (χ4v) is 2.57. The second-order valence-corrected chi connectivity index (χ2v) is 4.93. The highest BCUT2D eigenvalue weighted by molar-refractivity contribution is 5.98. The van der Waals surface area contributed by atoms with Gasteiger partial charge >= 0.3 is 0 Å². The highest BCUT2D eigenvalue weighted by Crippen LogP contribution is 2.27. The van der Waals surface area contributed by atoms with Crippen LogP contribution in [0.15, 0.2) is 12.4 Å². The van der Waals surface area contributed by atoms with Crippen LogP contribution in [0.2, 0.25) is 0 Å². The average Bonchev–Trinajstić information content (AvgIpc) is 2.92. The summed E-state index contributed by atoms with van der Waals surface area (Å²) in [6.45, 7) is 4.30. The molecular formula is C14H18N4O2. The zero-order chi connectivity index (χ0) is 13.9. The molecule has 2 aromatic heterocycles. The number of anilines is 1. The molecule has 20 heavy (non-hydrogen) atoms. The topological polar surface area (TPSA) is 69.0 Å². The number of aryl methyl sites for hydroxylation is 1. The minimum absolute atomic E-state index is 0.332. The Balaban J connectivity index is 2.01. The molecule has 2 aromatic rings. The molecule has 0 bridgehead atoms. The van der Waals surface area contributed by atoms with E-state index in [2.05, 4.69) is 15.4 Å². The zero-order valence-corrected chi connectivity index (χ0v) is 11.5. The molecule has 106 valence electrons. The van der Waals surface area contributed by atoms with Crippen LogP contribution in [0.3, 0.4) is 0 Å². The quantitative estimate of drug-likeness (QED) is 0.862. The SMILES string of the molecule is CCn1ncc2c(NC3CCOCC3)c(C=O)cnc21. The first-order valence-electron chi connectivity index (χ1n) is 6.97. The molecule has 6 nitrogen and oxygen atoms in total. The lowest BCUT2D eigenvalue weighted by Gasteiger charge is -2.25. The van der Waals surface area contributed by atoms with Crippen LogP contribution < -0.4 is 5.32 Å². The van der Waals surface area contributed by atoms with E-state index in [1.54, 1.807) is 12.4 Å². The van der Waals surface area contributed by atoms with E-state index in [-0.39, 0.29) is 0 Å². The Morgan fingerprint density at radius 2 is 2.25 bits per heavy atom. The summed E-state index contributed by atoms with van der Waals surface area (Å²) < 4.78 is 7.20. The number of fused-ring (bicyclic) bond motifs is 1. The van der Waals surface area contributed by atoms with Gasteiger partial charge in [-0.1, -0.05) is 0 Å². The Kier molecular flexibility index (Phi) is 3.64. The largest absolute Gasteiger partial charge is 0.381 e. The van der Waals surface area contributed by atoms with Gasteiger partial charge in [-0.05, 0) is 19.8 Å². The summed E-state index contributed by atoms with van der Waals surface area (Å²) in [5, 5.41) is 8.70. The Morgan fingerprint density at radius 3 is 2.95 bits per heavy atom. The third-order valence-electron chi connectivity index (χ3n) is 3.69. The van der Waals surface area contributed by atoms with Gasteiger partial charge in [0.1, 0.15) is 0 Å². The summed E-state index contributed by atoms with van der Waals surface area (Å²) in [4.78, 5) is 15.6.